The molecular weight excluding hydrogens is 354 g/mol. The summed E-state index contributed by atoms with van der Waals surface area (Å²) in [5.41, 5.74) is -0.406. The molecule has 0 spiro atoms. The normalized spacial score (nSPS) is 23.7. The van der Waals surface area contributed by atoms with Gasteiger partial charge >= 0.3 is 0 Å². The second-order valence-electron chi connectivity index (χ2n) is 4.80. The Kier molecular flexibility index (Phi) is 4.57. The van der Waals surface area contributed by atoms with E-state index in [-0.39, 0.29) is 11.4 Å². The van der Waals surface area contributed by atoms with Crippen LogP contribution in [-0.4, -0.2) is 27.2 Å². The summed E-state index contributed by atoms with van der Waals surface area (Å²) >= 11 is 9.07. The molecule has 0 aromatic heterocycles. The van der Waals surface area contributed by atoms with Gasteiger partial charge < -0.3 is 4.74 Å². The van der Waals surface area contributed by atoms with E-state index in [0.717, 1.165) is 12.8 Å². The number of sulfonamides is 1. The van der Waals surface area contributed by atoms with Gasteiger partial charge in [0.2, 0.25) is 10.0 Å². The molecule has 1 N–H and O–H groups in total. The largest absolute Gasteiger partial charge is 0.374 e. The Morgan fingerprint density at radius 3 is 2.84 bits per heavy atom. The Morgan fingerprint density at radius 2 is 2.26 bits per heavy atom. The van der Waals surface area contributed by atoms with E-state index in [9.17, 15) is 8.42 Å². The lowest BCUT2D eigenvalue weighted by Crippen LogP contribution is -2.40. The number of rotatable bonds is 4. The predicted octanol–water partition coefficient (Wildman–Crippen LogP) is 2.95. The van der Waals surface area contributed by atoms with Crippen LogP contribution in [0.1, 0.15) is 19.8 Å². The zero-order valence-corrected chi connectivity index (χ0v) is 13.6. The number of nitrogens with one attached hydrogen (secondary N) is 1. The van der Waals surface area contributed by atoms with Gasteiger partial charge in [0, 0.05) is 17.6 Å². The molecule has 0 amide bonds. The summed E-state index contributed by atoms with van der Waals surface area (Å²) in [6.07, 6.45) is 1.82. The smallest absolute Gasteiger partial charge is 0.240 e. The van der Waals surface area contributed by atoms with Gasteiger partial charge in [-0.1, -0.05) is 11.6 Å². The maximum atomic E-state index is 12.2. The van der Waals surface area contributed by atoms with Gasteiger partial charge in [0.25, 0.3) is 0 Å². The Morgan fingerprint density at radius 1 is 1.53 bits per heavy atom. The molecule has 1 atom stereocenters. The van der Waals surface area contributed by atoms with Gasteiger partial charge in [0.1, 0.15) is 0 Å². The van der Waals surface area contributed by atoms with Crippen molar-refractivity contribution >= 4 is 37.6 Å². The van der Waals surface area contributed by atoms with Crippen LogP contribution in [0.15, 0.2) is 27.6 Å². The summed E-state index contributed by atoms with van der Waals surface area (Å²) in [6, 6.07) is 4.52. The molecule has 1 unspecified atom stereocenters. The fourth-order valence-corrected chi connectivity index (χ4v) is 3.78. The Bertz CT molecular complexity index is 570. The molecule has 4 nitrogen and oxygen atoms in total. The van der Waals surface area contributed by atoms with E-state index in [1.807, 2.05) is 6.92 Å². The lowest BCUT2D eigenvalue weighted by Gasteiger charge is -2.23. The van der Waals surface area contributed by atoms with Crippen molar-refractivity contribution in [1.29, 1.82) is 0 Å². The molecule has 106 valence electrons. The van der Waals surface area contributed by atoms with Crippen molar-refractivity contribution in [3.05, 3.63) is 27.7 Å². The van der Waals surface area contributed by atoms with Crippen LogP contribution in [-0.2, 0) is 14.8 Å². The average Bonchev–Trinajstić information content (AvgIpc) is 2.78. The highest BCUT2D eigenvalue weighted by Gasteiger charge is 2.31. The Hall–Kier alpha value is -0.140. The first-order valence-electron chi connectivity index (χ1n) is 5.91. The molecule has 0 radical (unpaired) electrons. The van der Waals surface area contributed by atoms with Crippen LogP contribution in [0.4, 0.5) is 0 Å². The first kappa shape index (κ1) is 15.3. The van der Waals surface area contributed by atoms with Crippen molar-refractivity contribution in [2.24, 2.45) is 0 Å². The SMILES string of the molecule is CC1(CNS(=O)(=O)c2ccc(Cl)c(Br)c2)CCCO1. The molecule has 19 heavy (non-hydrogen) atoms. The monoisotopic (exact) mass is 367 g/mol. The molecule has 1 saturated heterocycles. The van der Waals surface area contributed by atoms with E-state index in [2.05, 4.69) is 20.7 Å². The van der Waals surface area contributed by atoms with Crippen LogP contribution < -0.4 is 4.72 Å². The zero-order chi connectivity index (χ0) is 14.1. The van der Waals surface area contributed by atoms with Gasteiger partial charge in [-0.15, -0.1) is 0 Å². The van der Waals surface area contributed by atoms with Crippen LogP contribution in [0.5, 0.6) is 0 Å². The highest BCUT2D eigenvalue weighted by atomic mass is 79.9. The Balaban J connectivity index is 2.11. The van der Waals surface area contributed by atoms with Crippen LogP contribution in [0.25, 0.3) is 0 Å². The minimum Gasteiger partial charge on any atom is -0.374 e. The fraction of sp³-hybridized carbons (Fsp3) is 0.500. The van der Waals surface area contributed by atoms with E-state index in [1.54, 1.807) is 6.07 Å². The molecule has 1 aromatic carbocycles. The first-order chi connectivity index (χ1) is 8.82. The highest BCUT2D eigenvalue weighted by molar-refractivity contribution is 9.10. The number of ether oxygens (including phenoxy) is 1. The number of hydrogen-bond donors (Lipinski definition) is 1. The summed E-state index contributed by atoms with van der Waals surface area (Å²) in [5, 5.41) is 0.477. The second-order valence-corrected chi connectivity index (χ2v) is 7.83. The van der Waals surface area contributed by atoms with Crippen LogP contribution in [0, 0.1) is 0 Å². The third kappa shape index (κ3) is 3.70. The van der Waals surface area contributed by atoms with Crippen molar-refractivity contribution in [2.45, 2.75) is 30.3 Å². The molecule has 1 aromatic rings. The van der Waals surface area contributed by atoms with E-state index >= 15 is 0 Å². The third-order valence-electron chi connectivity index (χ3n) is 3.14. The van der Waals surface area contributed by atoms with E-state index in [0.29, 0.717) is 16.1 Å². The molecule has 1 fully saturated rings. The lowest BCUT2D eigenvalue weighted by atomic mass is 10.0. The Labute approximate surface area is 126 Å². The van der Waals surface area contributed by atoms with Crippen molar-refractivity contribution in [3.63, 3.8) is 0 Å². The molecule has 1 aliphatic rings. The summed E-state index contributed by atoms with van der Waals surface area (Å²) in [7, 11) is -3.54. The second kappa shape index (κ2) is 5.69. The van der Waals surface area contributed by atoms with E-state index in [4.69, 9.17) is 16.3 Å². The fourth-order valence-electron chi connectivity index (χ4n) is 1.95. The number of halogens is 2. The van der Waals surface area contributed by atoms with E-state index < -0.39 is 15.6 Å². The first-order valence-corrected chi connectivity index (χ1v) is 8.57. The molecule has 1 aliphatic heterocycles. The van der Waals surface area contributed by atoms with Crippen molar-refractivity contribution < 1.29 is 13.2 Å². The van der Waals surface area contributed by atoms with Crippen LogP contribution >= 0.6 is 27.5 Å². The topological polar surface area (TPSA) is 55.4 Å². The molecular formula is C12H15BrClNO3S. The lowest BCUT2D eigenvalue weighted by molar-refractivity contribution is 0.0250. The quantitative estimate of drug-likeness (QED) is 0.889. The maximum absolute atomic E-state index is 12.2. The molecule has 2 rings (SSSR count). The van der Waals surface area contributed by atoms with Gasteiger partial charge in [-0.2, -0.15) is 0 Å². The zero-order valence-electron chi connectivity index (χ0n) is 10.4. The van der Waals surface area contributed by atoms with Crippen molar-refractivity contribution in [1.82, 2.24) is 4.72 Å². The molecule has 0 aliphatic carbocycles. The summed E-state index contributed by atoms with van der Waals surface area (Å²) in [6.45, 7) is 2.88. The molecule has 7 heteroatoms. The average molecular weight is 369 g/mol. The molecule has 1 heterocycles. The summed E-state index contributed by atoms with van der Waals surface area (Å²) in [5.74, 6) is 0. The van der Waals surface area contributed by atoms with Gasteiger partial charge in [-0.25, -0.2) is 13.1 Å². The number of benzene rings is 1. The van der Waals surface area contributed by atoms with Crippen molar-refractivity contribution in [2.75, 3.05) is 13.2 Å². The summed E-state index contributed by atoms with van der Waals surface area (Å²) in [4.78, 5) is 0.186. The van der Waals surface area contributed by atoms with Gasteiger partial charge in [0.15, 0.2) is 0 Å². The standard InChI is InChI=1S/C12H15BrClNO3S/c1-12(5-2-6-18-12)8-15-19(16,17)9-3-4-11(14)10(13)7-9/h3-4,7,15H,2,5-6,8H2,1H3. The minimum atomic E-state index is -3.54. The minimum absolute atomic E-state index is 0.186. The van der Waals surface area contributed by atoms with Gasteiger partial charge in [0.05, 0.1) is 15.5 Å². The molecule has 0 bridgehead atoms. The summed E-state index contributed by atoms with van der Waals surface area (Å²) < 4.78 is 33.0. The van der Waals surface area contributed by atoms with Gasteiger partial charge in [-0.3, -0.25) is 0 Å². The van der Waals surface area contributed by atoms with E-state index in [1.165, 1.54) is 12.1 Å². The predicted molar refractivity (Wildman–Crippen MR) is 77.9 cm³/mol. The highest BCUT2D eigenvalue weighted by Crippen LogP contribution is 2.27. The third-order valence-corrected chi connectivity index (χ3v) is 5.75. The number of hydrogen-bond acceptors (Lipinski definition) is 3. The van der Waals surface area contributed by atoms with Crippen LogP contribution in [0.3, 0.4) is 0 Å². The van der Waals surface area contributed by atoms with Crippen molar-refractivity contribution in [3.8, 4) is 0 Å². The van der Waals surface area contributed by atoms with Gasteiger partial charge in [-0.05, 0) is 53.9 Å². The van der Waals surface area contributed by atoms with Crippen LogP contribution in [0.2, 0.25) is 5.02 Å². The molecule has 0 saturated carbocycles. The maximum Gasteiger partial charge on any atom is 0.240 e.